The van der Waals surface area contributed by atoms with Crippen molar-refractivity contribution in [3.63, 3.8) is 0 Å². The van der Waals surface area contributed by atoms with Gasteiger partial charge in [0.2, 0.25) is 0 Å². The molecule has 0 bridgehead atoms. The number of ether oxygens (including phenoxy) is 1. The molecule has 1 heterocycles. The number of fused-ring (bicyclic) bond motifs is 1. The summed E-state index contributed by atoms with van der Waals surface area (Å²) in [6.45, 7) is 0.0688. The highest BCUT2D eigenvalue weighted by Gasteiger charge is 2.11. The summed E-state index contributed by atoms with van der Waals surface area (Å²) in [4.78, 5) is 26.6. The topological polar surface area (TPSA) is 82.9 Å². The second-order valence-corrected chi connectivity index (χ2v) is 4.98. The SMILES string of the molecule is N#Cc1ccc(COC(=O)c2cc3ccccc3c(=O)[nH]2)cc1. The van der Waals surface area contributed by atoms with Crippen LogP contribution in [0.25, 0.3) is 10.8 Å². The lowest BCUT2D eigenvalue weighted by atomic mass is 10.1. The summed E-state index contributed by atoms with van der Waals surface area (Å²) in [6.07, 6.45) is 0. The van der Waals surface area contributed by atoms with Gasteiger partial charge in [-0.2, -0.15) is 5.26 Å². The number of carbonyl (C=O) groups is 1. The Labute approximate surface area is 131 Å². The number of nitriles is 1. The fourth-order valence-electron chi connectivity index (χ4n) is 2.22. The molecule has 0 saturated heterocycles. The van der Waals surface area contributed by atoms with Crippen molar-refractivity contribution < 1.29 is 9.53 Å². The molecule has 0 fully saturated rings. The summed E-state index contributed by atoms with van der Waals surface area (Å²) in [5.41, 5.74) is 1.09. The Morgan fingerprint density at radius 1 is 1.13 bits per heavy atom. The standard InChI is InChI=1S/C18H12N2O3/c19-10-12-5-7-13(8-6-12)11-23-18(22)16-9-14-3-1-2-4-15(14)17(21)20-16/h1-9H,11H2,(H,20,21). The van der Waals surface area contributed by atoms with Gasteiger partial charge in [0.15, 0.2) is 0 Å². The Kier molecular flexibility index (Phi) is 3.89. The second-order valence-electron chi connectivity index (χ2n) is 4.98. The normalized spacial score (nSPS) is 10.2. The summed E-state index contributed by atoms with van der Waals surface area (Å²) >= 11 is 0. The van der Waals surface area contributed by atoms with Gasteiger partial charge in [-0.15, -0.1) is 0 Å². The van der Waals surface area contributed by atoms with E-state index in [9.17, 15) is 9.59 Å². The van der Waals surface area contributed by atoms with E-state index in [0.717, 1.165) is 5.56 Å². The Hall–Kier alpha value is -3.39. The minimum absolute atomic E-state index is 0.0688. The number of rotatable bonds is 3. The van der Waals surface area contributed by atoms with Crippen molar-refractivity contribution in [1.29, 1.82) is 5.26 Å². The van der Waals surface area contributed by atoms with Gasteiger partial charge in [-0.1, -0.05) is 30.3 Å². The summed E-state index contributed by atoms with van der Waals surface area (Å²) in [5.74, 6) is -0.600. The first-order valence-electron chi connectivity index (χ1n) is 6.95. The fraction of sp³-hybridized carbons (Fsp3) is 0.0556. The van der Waals surface area contributed by atoms with E-state index in [1.54, 1.807) is 54.6 Å². The molecule has 3 aromatic rings. The molecule has 23 heavy (non-hydrogen) atoms. The molecule has 0 aliphatic rings. The molecule has 0 atom stereocenters. The predicted octanol–water partition coefficient (Wildman–Crippen LogP) is 2.76. The maximum Gasteiger partial charge on any atom is 0.355 e. The molecule has 0 spiro atoms. The van der Waals surface area contributed by atoms with Crippen molar-refractivity contribution in [3.8, 4) is 6.07 Å². The van der Waals surface area contributed by atoms with Crippen LogP contribution in [-0.4, -0.2) is 11.0 Å². The van der Waals surface area contributed by atoms with E-state index in [-0.39, 0.29) is 17.9 Å². The monoisotopic (exact) mass is 304 g/mol. The zero-order chi connectivity index (χ0) is 16.2. The van der Waals surface area contributed by atoms with Crippen LogP contribution in [0, 0.1) is 11.3 Å². The van der Waals surface area contributed by atoms with Gasteiger partial charge >= 0.3 is 5.97 Å². The highest BCUT2D eigenvalue weighted by atomic mass is 16.5. The average Bonchev–Trinajstić information content (AvgIpc) is 2.60. The van der Waals surface area contributed by atoms with Gasteiger partial charge < -0.3 is 9.72 Å². The third-order valence-electron chi connectivity index (χ3n) is 3.43. The molecule has 1 N–H and O–H groups in total. The number of aromatic nitrogens is 1. The third-order valence-corrected chi connectivity index (χ3v) is 3.43. The van der Waals surface area contributed by atoms with E-state index in [0.29, 0.717) is 16.3 Å². The van der Waals surface area contributed by atoms with Crippen LogP contribution in [0.1, 0.15) is 21.6 Å². The van der Waals surface area contributed by atoms with Gasteiger partial charge in [0.05, 0.1) is 11.6 Å². The maximum absolute atomic E-state index is 12.1. The van der Waals surface area contributed by atoms with Crippen LogP contribution in [0.15, 0.2) is 59.4 Å². The van der Waals surface area contributed by atoms with Crippen molar-refractivity contribution in [3.05, 3.63) is 81.8 Å². The van der Waals surface area contributed by atoms with Gasteiger partial charge in [0.25, 0.3) is 5.56 Å². The number of hydrogen-bond donors (Lipinski definition) is 1. The molecule has 0 aliphatic heterocycles. The van der Waals surface area contributed by atoms with Crippen molar-refractivity contribution in [2.75, 3.05) is 0 Å². The highest BCUT2D eigenvalue weighted by molar-refractivity contribution is 5.92. The molecule has 0 aliphatic carbocycles. The van der Waals surface area contributed by atoms with Crippen LogP contribution in [0.3, 0.4) is 0 Å². The van der Waals surface area contributed by atoms with Crippen LogP contribution < -0.4 is 5.56 Å². The molecule has 0 saturated carbocycles. The van der Waals surface area contributed by atoms with Crippen LogP contribution in [0.4, 0.5) is 0 Å². The Morgan fingerprint density at radius 2 is 1.87 bits per heavy atom. The molecule has 1 aromatic heterocycles. The van der Waals surface area contributed by atoms with Gasteiger partial charge in [0.1, 0.15) is 12.3 Å². The van der Waals surface area contributed by atoms with Crippen LogP contribution in [0.2, 0.25) is 0 Å². The molecular weight excluding hydrogens is 292 g/mol. The van der Waals surface area contributed by atoms with Crippen LogP contribution in [-0.2, 0) is 11.3 Å². The number of carbonyl (C=O) groups excluding carboxylic acids is 1. The van der Waals surface area contributed by atoms with E-state index >= 15 is 0 Å². The molecular formula is C18H12N2O3. The molecule has 0 radical (unpaired) electrons. The summed E-state index contributed by atoms with van der Waals surface area (Å²) in [7, 11) is 0. The number of nitrogens with one attached hydrogen (secondary N) is 1. The van der Waals surface area contributed by atoms with Gasteiger partial charge in [-0.3, -0.25) is 4.79 Å². The molecule has 112 valence electrons. The van der Waals surface area contributed by atoms with Gasteiger partial charge in [-0.05, 0) is 35.2 Å². The number of benzene rings is 2. The summed E-state index contributed by atoms with van der Waals surface area (Å²) in [6, 6.07) is 17.4. The minimum Gasteiger partial charge on any atom is -0.456 e. The number of nitrogens with zero attached hydrogens (tertiary/aromatic N) is 1. The largest absolute Gasteiger partial charge is 0.456 e. The first-order valence-corrected chi connectivity index (χ1v) is 6.95. The fourth-order valence-corrected chi connectivity index (χ4v) is 2.22. The first-order chi connectivity index (χ1) is 11.2. The predicted molar refractivity (Wildman–Crippen MR) is 84.8 cm³/mol. The molecule has 5 nitrogen and oxygen atoms in total. The summed E-state index contributed by atoms with van der Waals surface area (Å²) < 4.78 is 5.20. The Morgan fingerprint density at radius 3 is 2.61 bits per heavy atom. The van der Waals surface area contributed by atoms with Crippen LogP contribution in [0.5, 0.6) is 0 Å². The Balaban J connectivity index is 1.78. The summed E-state index contributed by atoms with van der Waals surface area (Å²) in [5, 5.41) is 9.94. The molecule has 0 unspecified atom stereocenters. The van der Waals surface area contributed by atoms with E-state index in [1.807, 2.05) is 6.07 Å². The van der Waals surface area contributed by atoms with Crippen molar-refractivity contribution >= 4 is 16.7 Å². The molecule has 5 heteroatoms. The lowest BCUT2D eigenvalue weighted by Crippen LogP contribution is -2.15. The van der Waals surface area contributed by atoms with Crippen molar-refractivity contribution in [1.82, 2.24) is 4.98 Å². The smallest absolute Gasteiger partial charge is 0.355 e. The zero-order valence-corrected chi connectivity index (χ0v) is 12.1. The lowest BCUT2D eigenvalue weighted by molar-refractivity contribution is 0.0465. The number of hydrogen-bond acceptors (Lipinski definition) is 4. The van der Waals surface area contributed by atoms with E-state index in [4.69, 9.17) is 10.00 Å². The number of pyridine rings is 1. The van der Waals surface area contributed by atoms with Gasteiger partial charge in [-0.25, -0.2) is 4.79 Å². The first kappa shape index (κ1) is 14.5. The lowest BCUT2D eigenvalue weighted by Gasteiger charge is -2.06. The number of esters is 1. The van der Waals surface area contributed by atoms with E-state index in [2.05, 4.69) is 4.98 Å². The van der Waals surface area contributed by atoms with Crippen LogP contribution >= 0.6 is 0 Å². The Bertz CT molecular complexity index is 966. The molecule has 3 rings (SSSR count). The minimum atomic E-state index is -0.600. The van der Waals surface area contributed by atoms with Crippen molar-refractivity contribution in [2.45, 2.75) is 6.61 Å². The quantitative estimate of drug-likeness (QED) is 0.754. The van der Waals surface area contributed by atoms with E-state index < -0.39 is 5.97 Å². The maximum atomic E-state index is 12.1. The second kappa shape index (κ2) is 6.16. The molecule has 2 aromatic carbocycles. The number of aromatic amines is 1. The van der Waals surface area contributed by atoms with Crippen molar-refractivity contribution in [2.24, 2.45) is 0 Å². The highest BCUT2D eigenvalue weighted by Crippen LogP contribution is 2.11. The zero-order valence-electron chi connectivity index (χ0n) is 12.1. The number of H-pyrrole nitrogens is 1. The van der Waals surface area contributed by atoms with Gasteiger partial charge in [0, 0.05) is 5.39 Å². The van der Waals surface area contributed by atoms with E-state index in [1.165, 1.54) is 0 Å². The average molecular weight is 304 g/mol. The third kappa shape index (κ3) is 3.11. The molecule has 0 amide bonds.